The molecule has 2 rings (SSSR count). The van der Waals surface area contributed by atoms with Crippen LogP contribution in [0.4, 0.5) is 0 Å². The van der Waals surface area contributed by atoms with Gasteiger partial charge in [-0.15, -0.1) is 11.3 Å². The first-order valence-electron chi connectivity index (χ1n) is 8.63. The number of amides is 2. The molecule has 1 aromatic heterocycles. The molecule has 0 aliphatic heterocycles. The SMILES string of the molecule is Cc1cc(C(C)NC(=O)C(NC(=O)c2ccccc2Cl)C(C)C)c(C)s1. The molecular weight excluding hydrogens is 368 g/mol. The Hall–Kier alpha value is -1.85. The molecule has 0 fully saturated rings. The molecule has 0 saturated carbocycles. The number of benzene rings is 1. The van der Waals surface area contributed by atoms with Crippen molar-refractivity contribution in [2.24, 2.45) is 5.92 Å². The number of thiophene rings is 1. The number of rotatable bonds is 6. The zero-order chi connectivity index (χ0) is 19.4. The summed E-state index contributed by atoms with van der Waals surface area (Å²) < 4.78 is 0. The van der Waals surface area contributed by atoms with Crippen LogP contribution in [0.5, 0.6) is 0 Å². The fourth-order valence-electron chi connectivity index (χ4n) is 2.86. The van der Waals surface area contributed by atoms with Gasteiger partial charge in [-0.1, -0.05) is 37.6 Å². The zero-order valence-electron chi connectivity index (χ0n) is 15.7. The van der Waals surface area contributed by atoms with Gasteiger partial charge >= 0.3 is 0 Å². The molecule has 0 saturated heterocycles. The van der Waals surface area contributed by atoms with Gasteiger partial charge in [-0.2, -0.15) is 0 Å². The van der Waals surface area contributed by atoms with E-state index in [9.17, 15) is 9.59 Å². The van der Waals surface area contributed by atoms with E-state index < -0.39 is 6.04 Å². The molecule has 0 radical (unpaired) electrons. The number of halogens is 1. The summed E-state index contributed by atoms with van der Waals surface area (Å²) in [5.41, 5.74) is 1.48. The third kappa shape index (κ3) is 4.86. The molecule has 0 bridgehead atoms. The minimum absolute atomic E-state index is 0.0565. The molecule has 0 aliphatic carbocycles. The van der Waals surface area contributed by atoms with Gasteiger partial charge in [-0.05, 0) is 50.5 Å². The van der Waals surface area contributed by atoms with Crippen molar-refractivity contribution >= 4 is 34.8 Å². The van der Waals surface area contributed by atoms with Gasteiger partial charge in [0.25, 0.3) is 5.91 Å². The standard InChI is InChI=1S/C20H25ClN2O2S/c1-11(2)18(23-19(24)15-8-6-7-9-17(15)21)20(25)22-13(4)16-10-12(3)26-14(16)5/h6-11,13,18H,1-5H3,(H,22,25)(H,23,24). The van der Waals surface area contributed by atoms with Gasteiger partial charge in [0, 0.05) is 9.75 Å². The van der Waals surface area contributed by atoms with Crippen molar-refractivity contribution in [3.8, 4) is 0 Å². The van der Waals surface area contributed by atoms with Crippen molar-refractivity contribution < 1.29 is 9.59 Å². The molecule has 6 heteroatoms. The smallest absolute Gasteiger partial charge is 0.253 e. The maximum Gasteiger partial charge on any atom is 0.253 e. The topological polar surface area (TPSA) is 58.2 Å². The van der Waals surface area contributed by atoms with Gasteiger partial charge in [-0.25, -0.2) is 0 Å². The van der Waals surface area contributed by atoms with Crippen LogP contribution in [0.25, 0.3) is 0 Å². The van der Waals surface area contributed by atoms with Crippen molar-refractivity contribution in [3.05, 3.63) is 56.2 Å². The summed E-state index contributed by atoms with van der Waals surface area (Å²) in [7, 11) is 0. The molecule has 2 amide bonds. The van der Waals surface area contributed by atoms with Crippen molar-refractivity contribution in [1.82, 2.24) is 10.6 Å². The highest BCUT2D eigenvalue weighted by Crippen LogP contribution is 2.26. The largest absolute Gasteiger partial charge is 0.348 e. The molecular formula is C20H25ClN2O2S. The minimum Gasteiger partial charge on any atom is -0.348 e. The van der Waals surface area contributed by atoms with E-state index in [1.54, 1.807) is 35.6 Å². The molecule has 2 aromatic rings. The highest BCUT2D eigenvalue weighted by atomic mass is 35.5. The van der Waals surface area contributed by atoms with E-state index in [0.717, 1.165) is 5.56 Å². The van der Waals surface area contributed by atoms with E-state index in [1.807, 2.05) is 20.8 Å². The van der Waals surface area contributed by atoms with E-state index >= 15 is 0 Å². The Bertz CT molecular complexity index is 801. The number of aryl methyl sites for hydroxylation is 2. The van der Waals surface area contributed by atoms with E-state index in [4.69, 9.17) is 11.6 Å². The van der Waals surface area contributed by atoms with Crippen molar-refractivity contribution in [1.29, 1.82) is 0 Å². The first kappa shape index (κ1) is 20.5. The molecule has 26 heavy (non-hydrogen) atoms. The van der Waals surface area contributed by atoms with Crippen LogP contribution < -0.4 is 10.6 Å². The van der Waals surface area contributed by atoms with Crippen LogP contribution in [0, 0.1) is 19.8 Å². The Morgan fingerprint density at radius 2 is 1.73 bits per heavy atom. The first-order valence-corrected chi connectivity index (χ1v) is 9.82. The Morgan fingerprint density at radius 1 is 1.08 bits per heavy atom. The normalized spacial score (nSPS) is 13.3. The predicted octanol–water partition coefficient (Wildman–Crippen LogP) is 4.65. The Kier molecular flexibility index (Phi) is 6.84. The van der Waals surface area contributed by atoms with E-state index in [1.165, 1.54) is 9.75 Å². The van der Waals surface area contributed by atoms with E-state index in [0.29, 0.717) is 10.6 Å². The van der Waals surface area contributed by atoms with Gasteiger partial charge in [0.1, 0.15) is 6.04 Å². The summed E-state index contributed by atoms with van der Waals surface area (Å²) in [6, 6.07) is 8.15. The monoisotopic (exact) mass is 392 g/mol. The van der Waals surface area contributed by atoms with Crippen molar-refractivity contribution in [3.63, 3.8) is 0 Å². The Labute approximate surface area is 164 Å². The van der Waals surface area contributed by atoms with Gasteiger partial charge in [-0.3, -0.25) is 9.59 Å². The minimum atomic E-state index is -0.638. The van der Waals surface area contributed by atoms with Crippen LogP contribution in [0.15, 0.2) is 30.3 Å². The van der Waals surface area contributed by atoms with Crippen LogP contribution >= 0.6 is 22.9 Å². The molecule has 140 valence electrons. The second kappa shape index (κ2) is 8.69. The first-order chi connectivity index (χ1) is 12.2. The summed E-state index contributed by atoms with van der Waals surface area (Å²) in [4.78, 5) is 27.7. The fraction of sp³-hybridized carbons (Fsp3) is 0.400. The molecule has 4 nitrogen and oxygen atoms in total. The van der Waals surface area contributed by atoms with Crippen LogP contribution in [-0.2, 0) is 4.79 Å². The van der Waals surface area contributed by atoms with Gasteiger partial charge in [0.2, 0.25) is 5.91 Å². The third-order valence-electron chi connectivity index (χ3n) is 4.26. The quantitative estimate of drug-likeness (QED) is 0.751. The number of carbonyl (C=O) groups is 2. The second-order valence-electron chi connectivity index (χ2n) is 6.77. The molecule has 0 spiro atoms. The molecule has 2 atom stereocenters. The second-order valence-corrected chi connectivity index (χ2v) is 8.64. The maximum absolute atomic E-state index is 12.8. The van der Waals surface area contributed by atoms with Crippen LogP contribution in [0.3, 0.4) is 0 Å². The molecule has 0 aliphatic rings. The molecule has 1 aromatic carbocycles. The number of hydrogen-bond donors (Lipinski definition) is 2. The third-order valence-corrected chi connectivity index (χ3v) is 5.57. The predicted molar refractivity (Wildman–Crippen MR) is 108 cm³/mol. The lowest BCUT2D eigenvalue weighted by molar-refractivity contribution is -0.124. The van der Waals surface area contributed by atoms with Crippen molar-refractivity contribution in [2.75, 3.05) is 0 Å². The zero-order valence-corrected chi connectivity index (χ0v) is 17.3. The summed E-state index contributed by atoms with van der Waals surface area (Å²) in [6.07, 6.45) is 0. The van der Waals surface area contributed by atoms with Crippen LogP contribution in [-0.4, -0.2) is 17.9 Å². The molecule has 2 N–H and O–H groups in total. The van der Waals surface area contributed by atoms with Gasteiger partial charge in [0.05, 0.1) is 16.6 Å². The van der Waals surface area contributed by atoms with Crippen molar-refractivity contribution in [2.45, 2.75) is 46.7 Å². The van der Waals surface area contributed by atoms with Crippen LogP contribution in [0.2, 0.25) is 5.02 Å². The lowest BCUT2D eigenvalue weighted by atomic mass is 10.0. The highest BCUT2D eigenvalue weighted by molar-refractivity contribution is 7.12. The number of hydrogen-bond acceptors (Lipinski definition) is 3. The fourth-order valence-corrected chi connectivity index (χ4v) is 4.10. The average molecular weight is 393 g/mol. The molecule has 1 heterocycles. The van der Waals surface area contributed by atoms with Gasteiger partial charge in [0.15, 0.2) is 0 Å². The van der Waals surface area contributed by atoms with Crippen LogP contribution in [0.1, 0.15) is 52.5 Å². The lowest BCUT2D eigenvalue weighted by Gasteiger charge is -2.24. The van der Waals surface area contributed by atoms with E-state index in [-0.39, 0.29) is 23.8 Å². The Morgan fingerprint density at radius 3 is 2.27 bits per heavy atom. The van der Waals surface area contributed by atoms with Gasteiger partial charge < -0.3 is 10.6 Å². The Balaban J connectivity index is 2.11. The lowest BCUT2D eigenvalue weighted by Crippen LogP contribution is -2.50. The maximum atomic E-state index is 12.8. The summed E-state index contributed by atoms with van der Waals surface area (Å²) in [5, 5.41) is 6.21. The summed E-state index contributed by atoms with van der Waals surface area (Å²) in [5.74, 6) is -0.602. The number of carbonyl (C=O) groups excluding carboxylic acids is 2. The highest BCUT2D eigenvalue weighted by Gasteiger charge is 2.27. The number of nitrogens with one attached hydrogen (secondary N) is 2. The average Bonchev–Trinajstić information content (AvgIpc) is 2.90. The van der Waals surface area contributed by atoms with E-state index in [2.05, 4.69) is 30.5 Å². The summed E-state index contributed by atoms with van der Waals surface area (Å²) in [6.45, 7) is 9.87. The summed E-state index contributed by atoms with van der Waals surface area (Å²) >= 11 is 7.80. The molecule has 2 unspecified atom stereocenters.